The summed E-state index contributed by atoms with van der Waals surface area (Å²) in [7, 11) is 0. The van der Waals surface area contributed by atoms with Crippen LogP contribution in [0.3, 0.4) is 0 Å². The fraction of sp³-hybridized carbons (Fsp3) is 0.500. The van der Waals surface area contributed by atoms with Crippen LogP contribution in [0.15, 0.2) is 18.5 Å². The molecule has 1 heterocycles. The Morgan fingerprint density at radius 2 is 2.20 bits per heavy atom. The minimum atomic E-state index is 0.146. The van der Waals surface area contributed by atoms with E-state index in [0.717, 1.165) is 0 Å². The van der Waals surface area contributed by atoms with Crippen molar-refractivity contribution in [3.05, 3.63) is 24.0 Å². The van der Waals surface area contributed by atoms with Crippen LogP contribution in [0, 0.1) is 5.92 Å². The Labute approximate surface area is 89.7 Å². The molecular formula is C12H16N2O. The molecular weight excluding hydrogens is 188 g/mol. The first-order chi connectivity index (χ1) is 7.27. The molecule has 0 unspecified atom stereocenters. The van der Waals surface area contributed by atoms with Crippen LogP contribution in [-0.4, -0.2) is 10.8 Å². The topological polar surface area (TPSA) is 56.0 Å². The molecule has 0 radical (unpaired) electrons. The molecule has 1 fully saturated rings. The van der Waals surface area contributed by atoms with E-state index < -0.39 is 0 Å². The second kappa shape index (κ2) is 4.43. The van der Waals surface area contributed by atoms with Crippen molar-refractivity contribution in [3.8, 4) is 0 Å². The van der Waals surface area contributed by atoms with Crippen LogP contribution in [0.2, 0.25) is 0 Å². The molecule has 0 aliphatic heterocycles. The number of aromatic nitrogens is 1. The summed E-state index contributed by atoms with van der Waals surface area (Å²) >= 11 is 0. The number of nitrogens with zero attached hydrogens (tertiary/aromatic N) is 1. The van der Waals surface area contributed by atoms with Gasteiger partial charge < -0.3 is 5.73 Å². The maximum atomic E-state index is 11.9. The normalized spacial score (nSPS) is 16.8. The summed E-state index contributed by atoms with van der Waals surface area (Å²) in [5.41, 5.74) is 6.87. The van der Waals surface area contributed by atoms with Crippen molar-refractivity contribution >= 4 is 11.5 Å². The van der Waals surface area contributed by atoms with Gasteiger partial charge in [-0.2, -0.15) is 0 Å². The molecule has 1 aliphatic rings. The predicted molar refractivity (Wildman–Crippen MR) is 59.6 cm³/mol. The maximum absolute atomic E-state index is 11.9. The standard InChI is InChI=1S/C12H16N2O/c13-11-5-6-14-8-10(11)12(15)7-9-3-1-2-4-9/h5-6,8-9H,1-4,7H2,(H2,13,14). The summed E-state index contributed by atoms with van der Waals surface area (Å²) in [6.45, 7) is 0. The minimum Gasteiger partial charge on any atom is -0.398 e. The van der Waals surface area contributed by atoms with Gasteiger partial charge in [0.05, 0.1) is 5.56 Å². The van der Waals surface area contributed by atoms with E-state index in [1.54, 1.807) is 18.5 Å². The molecule has 0 spiro atoms. The first-order valence-corrected chi connectivity index (χ1v) is 5.50. The van der Waals surface area contributed by atoms with E-state index >= 15 is 0 Å². The molecule has 0 atom stereocenters. The second-order valence-corrected chi connectivity index (χ2v) is 4.24. The van der Waals surface area contributed by atoms with E-state index in [2.05, 4.69) is 4.98 Å². The van der Waals surface area contributed by atoms with Gasteiger partial charge in [-0.1, -0.05) is 25.7 Å². The minimum absolute atomic E-state index is 0.146. The number of hydrogen-bond acceptors (Lipinski definition) is 3. The lowest BCUT2D eigenvalue weighted by Crippen LogP contribution is -2.08. The number of carbonyl (C=O) groups is 1. The molecule has 0 saturated heterocycles. The number of nitrogen functional groups attached to an aromatic ring is 1. The third kappa shape index (κ3) is 2.35. The zero-order valence-corrected chi connectivity index (χ0v) is 8.78. The monoisotopic (exact) mass is 204 g/mol. The van der Waals surface area contributed by atoms with Gasteiger partial charge in [0, 0.05) is 24.5 Å². The van der Waals surface area contributed by atoms with E-state index in [0.29, 0.717) is 23.6 Å². The van der Waals surface area contributed by atoms with Gasteiger partial charge in [-0.05, 0) is 12.0 Å². The summed E-state index contributed by atoms with van der Waals surface area (Å²) in [5.74, 6) is 0.713. The van der Waals surface area contributed by atoms with Crippen LogP contribution in [0.25, 0.3) is 0 Å². The second-order valence-electron chi connectivity index (χ2n) is 4.24. The number of rotatable bonds is 3. The van der Waals surface area contributed by atoms with Gasteiger partial charge >= 0.3 is 0 Å². The van der Waals surface area contributed by atoms with Gasteiger partial charge in [0.15, 0.2) is 5.78 Å². The lowest BCUT2D eigenvalue weighted by Gasteiger charge is -2.08. The predicted octanol–water partition coefficient (Wildman–Crippen LogP) is 2.43. The van der Waals surface area contributed by atoms with Crippen molar-refractivity contribution in [1.29, 1.82) is 0 Å². The zero-order valence-electron chi connectivity index (χ0n) is 8.78. The molecule has 0 amide bonds. The number of nitrogens with two attached hydrogens (primary N) is 1. The van der Waals surface area contributed by atoms with E-state index in [1.807, 2.05) is 0 Å². The van der Waals surface area contributed by atoms with Crippen LogP contribution >= 0.6 is 0 Å². The summed E-state index contributed by atoms with van der Waals surface area (Å²) < 4.78 is 0. The molecule has 1 aromatic heterocycles. The molecule has 3 heteroatoms. The third-order valence-electron chi connectivity index (χ3n) is 3.10. The van der Waals surface area contributed by atoms with Gasteiger partial charge in [-0.3, -0.25) is 9.78 Å². The number of pyridine rings is 1. The molecule has 2 N–H and O–H groups in total. The van der Waals surface area contributed by atoms with Crippen molar-refractivity contribution in [2.45, 2.75) is 32.1 Å². The van der Waals surface area contributed by atoms with Crippen LogP contribution in [0.4, 0.5) is 5.69 Å². The average Bonchev–Trinajstić information content (AvgIpc) is 2.71. The van der Waals surface area contributed by atoms with E-state index in [4.69, 9.17) is 5.73 Å². The highest BCUT2D eigenvalue weighted by Crippen LogP contribution is 2.29. The zero-order chi connectivity index (χ0) is 10.7. The van der Waals surface area contributed by atoms with E-state index in [9.17, 15) is 4.79 Å². The Hall–Kier alpha value is -1.38. The van der Waals surface area contributed by atoms with E-state index in [1.165, 1.54) is 25.7 Å². The highest BCUT2D eigenvalue weighted by Gasteiger charge is 2.20. The van der Waals surface area contributed by atoms with Crippen LogP contribution in [0.1, 0.15) is 42.5 Å². The molecule has 15 heavy (non-hydrogen) atoms. The molecule has 1 saturated carbocycles. The highest BCUT2D eigenvalue weighted by molar-refractivity contribution is 6.00. The molecule has 1 aliphatic carbocycles. The number of hydrogen-bond donors (Lipinski definition) is 1. The Kier molecular flexibility index (Phi) is 2.99. The van der Waals surface area contributed by atoms with Crippen LogP contribution < -0.4 is 5.73 Å². The SMILES string of the molecule is Nc1ccncc1C(=O)CC1CCCC1. The molecule has 0 bridgehead atoms. The largest absolute Gasteiger partial charge is 0.398 e. The fourth-order valence-corrected chi connectivity index (χ4v) is 2.22. The van der Waals surface area contributed by atoms with Gasteiger partial charge in [-0.15, -0.1) is 0 Å². The molecule has 2 rings (SSSR count). The summed E-state index contributed by atoms with van der Waals surface area (Å²) in [4.78, 5) is 15.8. The Morgan fingerprint density at radius 1 is 1.47 bits per heavy atom. The molecule has 3 nitrogen and oxygen atoms in total. The number of Topliss-reactive ketones (excluding diaryl/α,β-unsaturated/α-hetero) is 1. The summed E-state index contributed by atoms with van der Waals surface area (Å²) in [6.07, 6.45) is 8.73. The lowest BCUT2D eigenvalue weighted by molar-refractivity contribution is 0.0962. The third-order valence-corrected chi connectivity index (χ3v) is 3.10. The van der Waals surface area contributed by atoms with Gasteiger partial charge in [0.2, 0.25) is 0 Å². The first kappa shape index (κ1) is 10.1. The summed E-state index contributed by atoms with van der Waals surface area (Å²) in [5, 5.41) is 0. The van der Waals surface area contributed by atoms with E-state index in [-0.39, 0.29) is 5.78 Å². The van der Waals surface area contributed by atoms with Gasteiger partial charge in [-0.25, -0.2) is 0 Å². The Morgan fingerprint density at radius 3 is 2.87 bits per heavy atom. The molecule has 0 aromatic carbocycles. The maximum Gasteiger partial charge on any atom is 0.166 e. The first-order valence-electron chi connectivity index (χ1n) is 5.50. The van der Waals surface area contributed by atoms with Crippen molar-refractivity contribution in [1.82, 2.24) is 4.98 Å². The number of ketones is 1. The number of carbonyl (C=O) groups excluding carboxylic acids is 1. The van der Waals surface area contributed by atoms with Crippen molar-refractivity contribution in [3.63, 3.8) is 0 Å². The van der Waals surface area contributed by atoms with Crippen molar-refractivity contribution < 1.29 is 4.79 Å². The van der Waals surface area contributed by atoms with Crippen LogP contribution in [-0.2, 0) is 0 Å². The smallest absolute Gasteiger partial charge is 0.166 e. The Bertz CT molecular complexity index is 356. The lowest BCUT2D eigenvalue weighted by atomic mass is 9.97. The quantitative estimate of drug-likeness (QED) is 0.769. The average molecular weight is 204 g/mol. The highest BCUT2D eigenvalue weighted by atomic mass is 16.1. The molecule has 80 valence electrons. The molecule has 1 aromatic rings. The van der Waals surface area contributed by atoms with Gasteiger partial charge in [0.1, 0.15) is 0 Å². The fourth-order valence-electron chi connectivity index (χ4n) is 2.22. The summed E-state index contributed by atoms with van der Waals surface area (Å²) in [6, 6.07) is 1.68. The van der Waals surface area contributed by atoms with Crippen LogP contribution in [0.5, 0.6) is 0 Å². The number of anilines is 1. The van der Waals surface area contributed by atoms with Gasteiger partial charge in [0.25, 0.3) is 0 Å². The van der Waals surface area contributed by atoms with Crippen molar-refractivity contribution in [2.24, 2.45) is 5.92 Å². The van der Waals surface area contributed by atoms with Crippen molar-refractivity contribution in [2.75, 3.05) is 5.73 Å². The Balaban J connectivity index is 2.04.